The molecule has 352 valence electrons. The van der Waals surface area contributed by atoms with Gasteiger partial charge in [0.05, 0.1) is 42.1 Å². The van der Waals surface area contributed by atoms with E-state index >= 15 is 0 Å². The van der Waals surface area contributed by atoms with Crippen molar-refractivity contribution in [3.05, 3.63) is 72.0 Å². The van der Waals surface area contributed by atoms with Crippen LogP contribution in [0, 0.1) is 17.8 Å². The second-order valence-electron chi connectivity index (χ2n) is 20.5. The average Bonchev–Trinajstić information content (AvgIpc) is 3.51. The minimum Gasteiger partial charge on any atom is -0.456 e. The summed E-state index contributed by atoms with van der Waals surface area (Å²) in [6.07, 6.45) is -0.0848. The molecule has 0 saturated carbocycles. The van der Waals surface area contributed by atoms with Crippen molar-refractivity contribution in [1.29, 1.82) is 0 Å². The van der Waals surface area contributed by atoms with Crippen molar-refractivity contribution in [2.45, 2.75) is 168 Å². The average molecular weight is 895 g/mol. The summed E-state index contributed by atoms with van der Waals surface area (Å²) in [6, 6.07) is 20.8. The number of nitrogens with one attached hydrogen (secondary N) is 1. The molecule has 2 saturated heterocycles. The number of cyclic esters (lactones) is 2. The molecule has 0 aliphatic carbocycles. The fourth-order valence-corrected chi connectivity index (χ4v) is 15.1. The summed E-state index contributed by atoms with van der Waals surface area (Å²) >= 11 is 0. The summed E-state index contributed by atoms with van der Waals surface area (Å²) in [5.41, 5.74) is -1.52. The van der Waals surface area contributed by atoms with E-state index < -0.39 is 67.8 Å². The van der Waals surface area contributed by atoms with Crippen molar-refractivity contribution in [2.24, 2.45) is 17.8 Å². The molecule has 2 fully saturated rings. The first-order chi connectivity index (χ1) is 29.4. The molecule has 3 unspecified atom stereocenters. The van der Waals surface area contributed by atoms with Crippen LogP contribution >= 0.6 is 0 Å². The van der Waals surface area contributed by atoms with Crippen LogP contribution in [-0.2, 0) is 42.4 Å². The standard InChI is InChI=1S/C50H78N2O10Si/c1-17-41(62-63(47(7,8)9,37-24-20-18-21-25-37)38-26-22-19-23-27-38)50(13)40(51-46(54)61-50)31-56-30-32(2)29-49(12,55-16)43(35(5)42-36(6)44(53)60-48(10,11)59-42)58-45-34(4)39(52(14)15)28-33(3)57-45/h18-27,32-35,39-41,43,45H,17,28-31H2,1-16H3,(H,51,54)/t32-,33?,34?,35+,39?,40-,41-,43-,45+,49-,50+/m1/s1. The summed E-state index contributed by atoms with van der Waals surface area (Å²) in [4.78, 5) is 28.6. The van der Waals surface area contributed by atoms with E-state index in [1.165, 1.54) is 0 Å². The van der Waals surface area contributed by atoms with Crippen molar-refractivity contribution in [3.63, 3.8) is 0 Å². The van der Waals surface area contributed by atoms with Gasteiger partial charge in [-0.1, -0.05) is 109 Å². The maximum atomic E-state index is 13.2. The van der Waals surface area contributed by atoms with E-state index in [2.05, 4.69) is 121 Å². The minimum absolute atomic E-state index is 0.0242. The Balaban J connectivity index is 1.39. The summed E-state index contributed by atoms with van der Waals surface area (Å²) < 4.78 is 52.4. The topological polar surface area (TPSA) is 123 Å². The van der Waals surface area contributed by atoms with Crippen LogP contribution in [0.3, 0.4) is 0 Å². The van der Waals surface area contributed by atoms with Crippen molar-refractivity contribution in [3.8, 4) is 0 Å². The summed E-state index contributed by atoms with van der Waals surface area (Å²) in [5.74, 6) is -1.47. The normalized spacial score (nSPS) is 28.3. The van der Waals surface area contributed by atoms with Gasteiger partial charge < -0.3 is 47.8 Å². The zero-order chi connectivity index (χ0) is 46.7. The van der Waals surface area contributed by atoms with Crippen LogP contribution in [-0.4, -0.2) is 113 Å². The SMILES string of the molecule is CC[C@@H](O[Si](c1ccccc1)(c1ccccc1)C(C)(C)C)[C@@]1(C)OC(=O)N[C@@H]1COC[C@H](C)C[C@@](C)(OC)[C@H](O[C@@H]1OC(C)CC(N(C)C)C1C)[C@@H](C)C1=C(C)C(=O)OC(C)(C)O1. The van der Waals surface area contributed by atoms with Crippen LogP contribution in [0.1, 0.15) is 109 Å². The fraction of sp³-hybridized carbons (Fsp3) is 0.680. The third kappa shape index (κ3) is 10.9. The number of hydrogen-bond donors (Lipinski definition) is 1. The van der Waals surface area contributed by atoms with E-state index in [1.807, 2.05) is 32.9 Å². The Morgan fingerprint density at radius 1 is 0.921 bits per heavy atom. The summed E-state index contributed by atoms with van der Waals surface area (Å²) in [5, 5.41) is 5.12. The number of amides is 1. The third-order valence-electron chi connectivity index (χ3n) is 13.7. The third-order valence-corrected chi connectivity index (χ3v) is 18.8. The maximum absolute atomic E-state index is 13.2. The fourth-order valence-electron chi connectivity index (χ4n) is 10.3. The van der Waals surface area contributed by atoms with Gasteiger partial charge in [0, 0.05) is 45.4 Å². The Labute approximate surface area is 379 Å². The molecule has 0 bridgehead atoms. The van der Waals surface area contributed by atoms with Crippen molar-refractivity contribution < 1.29 is 47.2 Å². The molecule has 1 N–H and O–H groups in total. The Bertz CT molecular complexity index is 1830. The lowest BCUT2D eigenvalue weighted by Crippen LogP contribution is -2.70. The number of benzene rings is 2. The summed E-state index contributed by atoms with van der Waals surface area (Å²) in [7, 11) is 2.88. The molecule has 5 rings (SSSR count). The van der Waals surface area contributed by atoms with Crippen LogP contribution in [0.15, 0.2) is 72.0 Å². The molecule has 63 heavy (non-hydrogen) atoms. The lowest BCUT2D eigenvalue weighted by molar-refractivity contribution is -0.285. The van der Waals surface area contributed by atoms with E-state index in [-0.39, 0.29) is 35.6 Å². The smallest absolute Gasteiger partial charge is 0.408 e. The molecule has 12 nitrogen and oxygen atoms in total. The molecule has 0 spiro atoms. The van der Waals surface area contributed by atoms with E-state index in [0.717, 1.165) is 16.8 Å². The Kier molecular flexibility index (Phi) is 16.1. The van der Waals surface area contributed by atoms with Gasteiger partial charge in [-0.25, -0.2) is 9.59 Å². The minimum atomic E-state index is -3.00. The number of ether oxygens (including phenoxy) is 7. The van der Waals surface area contributed by atoms with E-state index in [4.69, 9.17) is 37.6 Å². The van der Waals surface area contributed by atoms with Crippen LogP contribution < -0.4 is 15.7 Å². The first-order valence-electron chi connectivity index (χ1n) is 22.9. The number of esters is 1. The second kappa shape index (κ2) is 20.1. The number of methoxy groups -OCH3 is 1. The monoisotopic (exact) mass is 895 g/mol. The Hall–Kier alpha value is -3.30. The Morgan fingerprint density at radius 2 is 1.51 bits per heavy atom. The van der Waals surface area contributed by atoms with Gasteiger partial charge in [-0.2, -0.15) is 0 Å². The van der Waals surface area contributed by atoms with Gasteiger partial charge in [0.15, 0.2) is 11.9 Å². The molecule has 0 radical (unpaired) electrons. The van der Waals surface area contributed by atoms with E-state index in [9.17, 15) is 9.59 Å². The largest absolute Gasteiger partial charge is 0.456 e. The lowest BCUT2D eigenvalue weighted by Gasteiger charge is -2.48. The number of hydrogen-bond acceptors (Lipinski definition) is 11. The maximum Gasteiger partial charge on any atom is 0.408 e. The van der Waals surface area contributed by atoms with Gasteiger partial charge in [-0.05, 0) is 82.4 Å². The molecule has 11 atom stereocenters. The molecule has 13 heteroatoms. The number of alkyl carbamates (subject to hydrolysis) is 1. The highest BCUT2D eigenvalue weighted by Gasteiger charge is 2.58. The highest BCUT2D eigenvalue weighted by molar-refractivity contribution is 6.99. The second-order valence-corrected chi connectivity index (χ2v) is 24.7. The molecule has 2 aromatic carbocycles. The predicted octanol–water partition coefficient (Wildman–Crippen LogP) is 7.96. The molecule has 3 aliphatic heterocycles. The predicted molar refractivity (Wildman–Crippen MR) is 248 cm³/mol. The zero-order valence-corrected chi connectivity index (χ0v) is 42.0. The van der Waals surface area contributed by atoms with Crippen LogP contribution in [0.4, 0.5) is 4.79 Å². The van der Waals surface area contributed by atoms with Crippen molar-refractivity contribution >= 4 is 30.8 Å². The van der Waals surface area contributed by atoms with Gasteiger partial charge in [0.1, 0.15) is 5.76 Å². The van der Waals surface area contributed by atoms with Gasteiger partial charge >= 0.3 is 12.1 Å². The van der Waals surface area contributed by atoms with Crippen LogP contribution in [0.5, 0.6) is 0 Å². The summed E-state index contributed by atoms with van der Waals surface area (Å²) in [6.45, 7) is 27.0. The molecule has 2 aromatic rings. The molecule has 3 heterocycles. The molecule has 0 aromatic heterocycles. The number of carbonyl (C=O) groups is 2. The van der Waals surface area contributed by atoms with Crippen LogP contribution in [0.2, 0.25) is 5.04 Å². The molecule has 1 amide bonds. The first-order valence-corrected chi connectivity index (χ1v) is 24.9. The quantitative estimate of drug-likeness (QED) is 0.109. The number of rotatable bonds is 19. The van der Waals surface area contributed by atoms with Crippen LogP contribution in [0.25, 0.3) is 0 Å². The zero-order valence-electron chi connectivity index (χ0n) is 41.0. The van der Waals surface area contributed by atoms with E-state index in [0.29, 0.717) is 30.8 Å². The van der Waals surface area contributed by atoms with Crippen molar-refractivity contribution in [2.75, 3.05) is 34.4 Å². The Morgan fingerprint density at radius 3 is 2.03 bits per heavy atom. The number of nitrogens with zero attached hydrogens (tertiary/aromatic N) is 1. The van der Waals surface area contributed by atoms with Gasteiger partial charge in [0.25, 0.3) is 8.32 Å². The van der Waals surface area contributed by atoms with Crippen molar-refractivity contribution in [1.82, 2.24) is 10.2 Å². The molecular weight excluding hydrogens is 817 g/mol. The highest BCUT2D eigenvalue weighted by atomic mass is 28.4. The number of carbonyl (C=O) groups excluding carboxylic acids is 2. The lowest BCUT2D eigenvalue weighted by atomic mass is 9.80. The molecular formula is C50H78N2O10Si. The van der Waals surface area contributed by atoms with Gasteiger partial charge in [-0.15, -0.1) is 0 Å². The first kappa shape index (κ1) is 50.7. The molecule has 3 aliphatic rings. The van der Waals surface area contributed by atoms with E-state index in [1.54, 1.807) is 27.9 Å². The highest BCUT2D eigenvalue weighted by Crippen LogP contribution is 2.43. The van der Waals surface area contributed by atoms with Gasteiger partial charge in [0.2, 0.25) is 5.79 Å². The van der Waals surface area contributed by atoms with Gasteiger partial charge in [-0.3, -0.25) is 0 Å².